The monoisotopic (exact) mass is 317 g/mol. The molecule has 0 aromatic carbocycles. The molecule has 23 heavy (non-hydrogen) atoms. The first kappa shape index (κ1) is 17.5. The Hall–Kier alpha value is -0.300. The van der Waals surface area contributed by atoms with Gasteiger partial charge < -0.3 is 0 Å². The number of hydrogen-bond acceptors (Lipinski definition) is 1. The van der Waals surface area contributed by atoms with Gasteiger partial charge in [0.1, 0.15) is 0 Å². The summed E-state index contributed by atoms with van der Waals surface area (Å²) in [6.45, 7) is 6.44. The molecule has 1 heteroatoms. The van der Waals surface area contributed by atoms with E-state index in [-0.39, 0.29) is 0 Å². The van der Waals surface area contributed by atoms with Crippen molar-refractivity contribution in [3.05, 3.63) is 12.7 Å². The smallest absolute Gasteiger partial charge is 0.0163 e. The third kappa shape index (κ3) is 4.84. The van der Waals surface area contributed by atoms with Gasteiger partial charge in [0.2, 0.25) is 0 Å². The van der Waals surface area contributed by atoms with Gasteiger partial charge in [-0.05, 0) is 43.6 Å². The van der Waals surface area contributed by atoms with Gasteiger partial charge in [0.05, 0.1) is 0 Å². The lowest BCUT2D eigenvalue weighted by atomic mass is 9.67. The zero-order valence-electron chi connectivity index (χ0n) is 15.4. The minimum Gasteiger partial charge on any atom is -0.297 e. The van der Waals surface area contributed by atoms with Crippen LogP contribution in [0.1, 0.15) is 89.9 Å². The number of nitrogens with zero attached hydrogens (tertiary/aromatic N) is 1. The van der Waals surface area contributed by atoms with Crippen LogP contribution in [0.2, 0.25) is 0 Å². The first-order valence-electron chi connectivity index (χ1n) is 10.7. The molecule has 0 aromatic rings. The fourth-order valence-corrected chi connectivity index (χ4v) is 5.94. The molecule has 1 aliphatic heterocycles. The summed E-state index contributed by atoms with van der Waals surface area (Å²) >= 11 is 0. The number of piperidine rings is 1. The summed E-state index contributed by atoms with van der Waals surface area (Å²) in [7, 11) is 0. The standard InChI is InChI=1S/C22H39N/c1-2-16-23-17-10-9-15-21(23)18-22(19-11-5-3-6-12-19)20-13-7-4-8-14-20/h2,19-22H,1,3-18H2. The Bertz CT molecular complexity index is 320. The van der Waals surface area contributed by atoms with Gasteiger partial charge in [0.15, 0.2) is 0 Å². The first-order chi connectivity index (χ1) is 11.4. The van der Waals surface area contributed by atoms with Crippen LogP contribution >= 0.6 is 0 Å². The molecule has 3 rings (SSSR count). The normalized spacial score (nSPS) is 29.0. The van der Waals surface area contributed by atoms with Crippen LogP contribution in [-0.2, 0) is 0 Å². The van der Waals surface area contributed by atoms with Gasteiger partial charge >= 0.3 is 0 Å². The zero-order valence-corrected chi connectivity index (χ0v) is 15.4. The molecule has 0 radical (unpaired) electrons. The van der Waals surface area contributed by atoms with Crippen LogP contribution in [0.5, 0.6) is 0 Å². The molecule has 0 bridgehead atoms. The van der Waals surface area contributed by atoms with E-state index in [4.69, 9.17) is 0 Å². The Morgan fingerprint density at radius 2 is 1.35 bits per heavy atom. The largest absolute Gasteiger partial charge is 0.297 e. The highest BCUT2D eigenvalue weighted by Crippen LogP contribution is 2.43. The molecule has 0 N–H and O–H groups in total. The van der Waals surface area contributed by atoms with Crippen molar-refractivity contribution in [3.8, 4) is 0 Å². The van der Waals surface area contributed by atoms with Gasteiger partial charge in [-0.2, -0.15) is 0 Å². The van der Waals surface area contributed by atoms with E-state index in [1.54, 1.807) is 0 Å². The first-order valence-corrected chi connectivity index (χ1v) is 10.7. The maximum atomic E-state index is 4.01. The Morgan fingerprint density at radius 3 is 1.91 bits per heavy atom. The summed E-state index contributed by atoms with van der Waals surface area (Å²) in [4.78, 5) is 2.76. The van der Waals surface area contributed by atoms with Gasteiger partial charge in [0, 0.05) is 12.6 Å². The Kier molecular flexibility index (Phi) is 7.05. The van der Waals surface area contributed by atoms with Gasteiger partial charge in [-0.25, -0.2) is 0 Å². The number of hydrogen-bond donors (Lipinski definition) is 0. The predicted molar refractivity (Wildman–Crippen MR) is 101 cm³/mol. The molecule has 1 heterocycles. The Balaban J connectivity index is 1.66. The molecule has 1 atom stereocenters. The lowest BCUT2D eigenvalue weighted by molar-refractivity contribution is 0.0743. The SMILES string of the molecule is C=CCN1CCCCC1CC(C1CCCCC1)C1CCCCC1. The fourth-order valence-electron chi connectivity index (χ4n) is 5.94. The fraction of sp³-hybridized carbons (Fsp3) is 0.909. The quantitative estimate of drug-likeness (QED) is 0.528. The van der Waals surface area contributed by atoms with E-state index < -0.39 is 0 Å². The summed E-state index contributed by atoms with van der Waals surface area (Å²) in [5, 5.41) is 0. The molecule has 3 aliphatic rings. The van der Waals surface area contributed by atoms with E-state index in [1.165, 1.54) is 96.4 Å². The summed E-state index contributed by atoms with van der Waals surface area (Å²) in [6.07, 6.45) is 23.1. The molecule has 0 amide bonds. The van der Waals surface area contributed by atoms with Crippen molar-refractivity contribution >= 4 is 0 Å². The van der Waals surface area contributed by atoms with Crippen molar-refractivity contribution in [2.24, 2.45) is 17.8 Å². The van der Waals surface area contributed by atoms with E-state index in [0.717, 1.165) is 30.3 Å². The van der Waals surface area contributed by atoms with Gasteiger partial charge in [-0.3, -0.25) is 4.90 Å². The molecule has 2 aliphatic carbocycles. The van der Waals surface area contributed by atoms with E-state index in [2.05, 4.69) is 17.6 Å². The van der Waals surface area contributed by atoms with E-state index in [9.17, 15) is 0 Å². The predicted octanol–water partition coefficient (Wildman–Crippen LogP) is 6.19. The highest BCUT2D eigenvalue weighted by atomic mass is 15.2. The van der Waals surface area contributed by atoms with Crippen LogP contribution in [0.15, 0.2) is 12.7 Å². The molecule has 1 nitrogen and oxygen atoms in total. The van der Waals surface area contributed by atoms with Crippen LogP contribution < -0.4 is 0 Å². The van der Waals surface area contributed by atoms with Crippen molar-refractivity contribution in [1.82, 2.24) is 4.90 Å². The summed E-state index contributed by atoms with van der Waals surface area (Å²) in [6, 6.07) is 0.857. The molecule has 132 valence electrons. The molecular weight excluding hydrogens is 278 g/mol. The third-order valence-corrected chi connectivity index (χ3v) is 7.17. The average Bonchev–Trinajstić information content (AvgIpc) is 2.63. The van der Waals surface area contributed by atoms with E-state index >= 15 is 0 Å². The summed E-state index contributed by atoms with van der Waals surface area (Å²) in [5.74, 6) is 3.14. The maximum Gasteiger partial charge on any atom is 0.0163 e. The maximum absolute atomic E-state index is 4.01. The Morgan fingerprint density at radius 1 is 0.783 bits per heavy atom. The molecule has 0 spiro atoms. The molecule has 2 saturated carbocycles. The van der Waals surface area contributed by atoms with Crippen molar-refractivity contribution in [3.63, 3.8) is 0 Å². The second-order valence-electron chi connectivity index (χ2n) is 8.63. The molecular formula is C22H39N. The van der Waals surface area contributed by atoms with Crippen LogP contribution in [-0.4, -0.2) is 24.0 Å². The Labute approximate surface area is 144 Å². The van der Waals surface area contributed by atoms with Crippen molar-refractivity contribution in [2.75, 3.05) is 13.1 Å². The molecule has 3 fully saturated rings. The molecule has 1 unspecified atom stereocenters. The van der Waals surface area contributed by atoms with Crippen molar-refractivity contribution in [1.29, 1.82) is 0 Å². The van der Waals surface area contributed by atoms with Crippen molar-refractivity contribution in [2.45, 2.75) is 95.9 Å². The van der Waals surface area contributed by atoms with E-state index in [0.29, 0.717) is 0 Å². The van der Waals surface area contributed by atoms with Gasteiger partial charge in [-0.15, -0.1) is 6.58 Å². The van der Waals surface area contributed by atoms with E-state index in [1.807, 2.05) is 0 Å². The third-order valence-electron chi connectivity index (χ3n) is 7.17. The lowest BCUT2D eigenvalue weighted by Gasteiger charge is -2.43. The van der Waals surface area contributed by atoms with Crippen molar-refractivity contribution < 1.29 is 0 Å². The summed E-state index contributed by atoms with van der Waals surface area (Å²) < 4.78 is 0. The number of rotatable bonds is 6. The lowest BCUT2D eigenvalue weighted by Crippen LogP contribution is -2.43. The second-order valence-corrected chi connectivity index (χ2v) is 8.63. The second kappa shape index (κ2) is 9.25. The minimum absolute atomic E-state index is 0.857. The van der Waals surface area contributed by atoms with Gasteiger partial charge in [0.25, 0.3) is 0 Å². The molecule has 1 saturated heterocycles. The van der Waals surface area contributed by atoms with Crippen LogP contribution in [0.4, 0.5) is 0 Å². The number of likely N-dealkylation sites (tertiary alicyclic amines) is 1. The summed E-state index contributed by atoms with van der Waals surface area (Å²) in [5.41, 5.74) is 0. The average molecular weight is 318 g/mol. The zero-order chi connectivity index (χ0) is 15.9. The topological polar surface area (TPSA) is 3.24 Å². The van der Waals surface area contributed by atoms with Crippen LogP contribution in [0.3, 0.4) is 0 Å². The van der Waals surface area contributed by atoms with Gasteiger partial charge in [-0.1, -0.05) is 76.7 Å². The molecule has 0 aromatic heterocycles. The highest BCUT2D eigenvalue weighted by Gasteiger charge is 2.34. The van der Waals surface area contributed by atoms with Crippen LogP contribution in [0.25, 0.3) is 0 Å². The van der Waals surface area contributed by atoms with Crippen LogP contribution in [0, 0.1) is 17.8 Å². The minimum atomic E-state index is 0.857. The highest BCUT2D eigenvalue weighted by molar-refractivity contribution is 4.89.